The summed E-state index contributed by atoms with van der Waals surface area (Å²) in [5, 5.41) is 14.5. The van der Waals surface area contributed by atoms with Gasteiger partial charge < -0.3 is 15.7 Å². The van der Waals surface area contributed by atoms with Gasteiger partial charge in [0.15, 0.2) is 0 Å². The number of amides is 2. The predicted molar refractivity (Wildman–Crippen MR) is 68.3 cm³/mol. The zero-order valence-corrected chi connectivity index (χ0v) is 10.9. The normalized spacial score (nSPS) is 24.1. The average Bonchev–Trinajstić information content (AvgIpc) is 2.30. The van der Waals surface area contributed by atoms with Gasteiger partial charge in [-0.1, -0.05) is 0 Å². The predicted octanol–water partition coefficient (Wildman–Crippen LogP) is 1.29. The number of carbonyl (C=O) groups is 2. The number of hydrogen-bond acceptors (Lipinski definition) is 3. The number of aliphatic carboxylic acids is 1. The van der Waals surface area contributed by atoms with E-state index < -0.39 is 5.97 Å². The summed E-state index contributed by atoms with van der Waals surface area (Å²) < 4.78 is 0. The summed E-state index contributed by atoms with van der Waals surface area (Å²) in [5.41, 5.74) is 0. The van der Waals surface area contributed by atoms with E-state index in [0.717, 1.165) is 18.6 Å². The Hall–Kier alpha value is -0.910. The lowest BCUT2D eigenvalue weighted by molar-refractivity contribution is -0.142. The third-order valence-electron chi connectivity index (χ3n) is 3.00. The van der Waals surface area contributed by atoms with Crippen molar-refractivity contribution in [2.24, 2.45) is 5.92 Å². The molecule has 17 heavy (non-hydrogen) atoms. The van der Waals surface area contributed by atoms with E-state index in [1.807, 2.05) is 6.26 Å². The van der Waals surface area contributed by atoms with Gasteiger partial charge in [0, 0.05) is 18.3 Å². The Labute approximate surface area is 106 Å². The highest BCUT2D eigenvalue weighted by molar-refractivity contribution is 7.98. The maximum atomic E-state index is 11.5. The van der Waals surface area contributed by atoms with Gasteiger partial charge in [0.05, 0.1) is 5.92 Å². The molecule has 3 N–H and O–H groups in total. The topological polar surface area (TPSA) is 78.4 Å². The van der Waals surface area contributed by atoms with Gasteiger partial charge in [-0.15, -0.1) is 0 Å². The smallest absolute Gasteiger partial charge is 0.315 e. The van der Waals surface area contributed by atoms with Crippen molar-refractivity contribution in [1.82, 2.24) is 10.6 Å². The van der Waals surface area contributed by atoms with Crippen LogP contribution in [0.2, 0.25) is 0 Å². The maximum Gasteiger partial charge on any atom is 0.315 e. The van der Waals surface area contributed by atoms with Crippen LogP contribution in [0, 0.1) is 5.92 Å². The van der Waals surface area contributed by atoms with Crippen LogP contribution in [0.5, 0.6) is 0 Å². The Balaban J connectivity index is 2.17. The molecule has 2 amide bonds. The van der Waals surface area contributed by atoms with E-state index in [1.165, 1.54) is 0 Å². The van der Waals surface area contributed by atoms with E-state index >= 15 is 0 Å². The first-order valence-corrected chi connectivity index (χ1v) is 7.29. The molecular formula is C11H20N2O3S. The lowest BCUT2D eigenvalue weighted by Gasteiger charge is -2.26. The summed E-state index contributed by atoms with van der Waals surface area (Å²) in [4.78, 5) is 22.2. The summed E-state index contributed by atoms with van der Waals surface area (Å²) in [7, 11) is 0. The molecule has 0 spiro atoms. The highest BCUT2D eigenvalue weighted by Gasteiger charge is 2.26. The van der Waals surface area contributed by atoms with E-state index in [4.69, 9.17) is 5.11 Å². The fourth-order valence-electron chi connectivity index (χ4n) is 1.99. The number of nitrogens with one attached hydrogen (secondary N) is 2. The van der Waals surface area contributed by atoms with Crippen LogP contribution in [0.3, 0.4) is 0 Å². The second-order valence-electron chi connectivity index (χ2n) is 4.28. The lowest BCUT2D eigenvalue weighted by Crippen LogP contribution is -2.44. The van der Waals surface area contributed by atoms with Crippen LogP contribution < -0.4 is 10.6 Å². The molecule has 0 aromatic carbocycles. The molecule has 6 heteroatoms. The van der Waals surface area contributed by atoms with Gasteiger partial charge in [0.2, 0.25) is 0 Å². The summed E-state index contributed by atoms with van der Waals surface area (Å²) in [5.74, 6) is -0.0420. The molecule has 0 heterocycles. The fourth-order valence-corrected chi connectivity index (χ4v) is 2.29. The van der Waals surface area contributed by atoms with Crippen LogP contribution in [0.1, 0.15) is 25.7 Å². The van der Waals surface area contributed by atoms with Gasteiger partial charge in [-0.05, 0) is 31.9 Å². The second kappa shape index (κ2) is 7.42. The van der Waals surface area contributed by atoms with E-state index in [1.54, 1.807) is 11.8 Å². The lowest BCUT2D eigenvalue weighted by atomic mass is 9.86. The van der Waals surface area contributed by atoms with Crippen LogP contribution in [0.15, 0.2) is 0 Å². The fraction of sp³-hybridized carbons (Fsp3) is 0.818. The van der Waals surface area contributed by atoms with E-state index in [2.05, 4.69) is 10.6 Å². The molecular weight excluding hydrogens is 240 g/mol. The molecule has 1 aliphatic rings. The molecule has 1 aliphatic carbocycles. The molecule has 5 nitrogen and oxygen atoms in total. The van der Waals surface area contributed by atoms with E-state index in [0.29, 0.717) is 19.4 Å². The second-order valence-corrected chi connectivity index (χ2v) is 5.27. The highest BCUT2D eigenvalue weighted by Crippen LogP contribution is 2.24. The Bertz CT molecular complexity index is 265. The first-order chi connectivity index (χ1) is 8.13. The Morgan fingerprint density at radius 1 is 1.29 bits per heavy atom. The summed E-state index contributed by atoms with van der Waals surface area (Å²) in [6.07, 6.45) is 4.82. The van der Waals surface area contributed by atoms with Crippen LogP contribution >= 0.6 is 11.8 Å². The van der Waals surface area contributed by atoms with E-state index in [9.17, 15) is 9.59 Å². The van der Waals surface area contributed by atoms with Gasteiger partial charge in [-0.3, -0.25) is 4.79 Å². The summed E-state index contributed by atoms with van der Waals surface area (Å²) in [6.45, 7) is 0.664. The van der Waals surface area contributed by atoms with Gasteiger partial charge in [0.25, 0.3) is 0 Å². The largest absolute Gasteiger partial charge is 0.481 e. The maximum absolute atomic E-state index is 11.5. The van der Waals surface area contributed by atoms with Crippen molar-refractivity contribution in [3.05, 3.63) is 0 Å². The Morgan fingerprint density at radius 2 is 1.94 bits per heavy atom. The van der Waals surface area contributed by atoms with Gasteiger partial charge >= 0.3 is 12.0 Å². The molecule has 0 saturated heterocycles. The van der Waals surface area contributed by atoms with Gasteiger partial charge in [0.1, 0.15) is 0 Å². The zero-order chi connectivity index (χ0) is 12.7. The van der Waals surface area contributed by atoms with Crippen molar-refractivity contribution >= 4 is 23.8 Å². The highest BCUT2D eigenvalue weighted by atomic mass is 32.2. The third kappa shape index (κ3) is 5.30. The number of urea groups is 1. The molecule has 1 fully saturated rings. The summed E-state index contributed by atoms with van der Waals surface area (Å²) in [6, 6.07) is -0.0160. The standard InChI is InChI=1S/C11H20N2O3S/c1-17-7-6-12-11(16)13-9-4-2-8(3-5-9)10(14)15/h8-9H,2-7H2,1H3,(H,14,15)(H2,12,13,16). The van der Waals surface area contributed by atoms with Crippen molar-refractivity contribution in [1.29, 1.82) is 0 Å². The van der Waals surface area contributed by atoms with Crippen molar-refractivity contribution in [2.75, 3.05) is 18.6 Å². The Morgan fingerprint density at radius 3 is 2.47 bits per heavy atom. The van der Waals surface area contributed by atoms with E-state index in [-0.39, 0.29) is 18.0 Å². The van der Waals surface area contributed by atoms with Crippen LogP contribution in [-0.4, -0.2) is 41.7 Å². The number of hydrogen-bond donors (Lipinski definition) is 3. The van der Waals surface area contributed by atoms with Crippen LogP contribution in [-0.2, 0) is 4.79 Å². The first kappa shape index (κ1) is 14.2. The molecule has 0 aromatic rings. The monoisotopic (exact) mass is 260 g/mol. The van der Waals surface area contributed by atoms with Crippen molar-refractivity contribution in [3.8, 4) is 0 Å². The molecule has 0 radical (unpaired) electrons. The van der Waals surface area contributed by atoms with Crippen molar-refractivity contribution in [2.45, 2.75) is 31.7 Å². The summed E-state index contributed by atoms with van der Waals surface area (Å²) >= 11 is 1.69. The number of carboxylic acids is 1. The van der Waals surface area contributed by atoms with Crippen LogP contribution in [0.25, 0.3) is 0 Å². The number of carboxylic acid groups (broad SMARTS) is 1. The number of rotatable bonds is 5. The molecule has 0 atom stereocenters. The van der Waals surface area contributed by atoms with Crippen molar-refractivity contribution < 1.29 is 14.7 Å². The molecule has 0 bridgehead atoms. The molecule has 0 aliphatic heterocycles. The van der Waals surface area contributed by atoms with Gasteiger partial charge in [-0.2, -0.15) is 11.8 Å². The SMILES string of the molecule is CSCCNC(=O)NC1CCC(C(=O)O)CC1. The molecule has 0 aromatic heterocycles. The Kier molecular flexibility index (Phi) is 6.18. The minimum Gasteiger partial charge on any atom is -0.481 e. The number of carbonyl (C=O) groups excluding carboxylic acids is 1. The molecule has 98 valence electrons. The first-order valence-electron chi connectivity index (χ1n) is 5.89. The molecule has 1 saturated carbocycles. The third-order valence-corrected chi connectivity index (χ3v) is 3.62. The molecule has 0 unspecified atom stereocenters. The van der Waals surface area contributed by atoms with Crippen molar-refractivity contribution in [3.63, 3.8) is 0 Å². The minimum atomic E-state index is -0.715. The quantitative estimate of drug-likeness (QED) is 0.651. The number of thioether (sulfide) groups is 1. The minimum absolute atomic E-state index is 0.125. The zero-order valence-electron chi connectivity index (χ0n) is 10.1. The average molecular weight is 260 g/mol. The molecule has 1 rings (SSSR count). The van der Waals surface area contributed by atoms with Gasteiger partial charge in [-0.25, -0.2) is 4.79 Å². The van der Waals surface area contributed by atoms with Crippen LogP contribution in [0.4, 0.5) is 4.79 Å².